The van der Waals surface area contributed by atoms with Crippen LogP contribution in [0.25, 0.3) is 0 Å². The van der Waals surface area contributed by atoms with Gasteiger partial charge in [0.15, 0.2) is 5.69 Å². The highest BCUT2D eigenvalue weighted by Crippen LogP contribution is 2.22. The van der Waals surface area contributed by atoms with Crippen molar-refractivity contribution < 1.29 is 17.9 Å². The number of nitrogens with zero attached hydrogens (tertiary/aromatic N) is 2. The van der Waals surface area contributed by atoms with Crippen LogP contribution in [0.1, 0.15) is 23.1 Å². The number of aromatic nitrogens is 2. The maximum Gasteiger partial charge on any atom is 0.275 e. The van der Waals surface area contributed by atoms with Gasteiger partial charge in [-0.3, -0.25) is 9.89 Å². The molecule has 9 heteroatoms. The van der Waals surface area contributed by atoms with Crippen LogP contribution in [0.3, 0.4) is 0 Å². The minimum absolute atomic E-state index is 0.189. The zero-order valence-corrected chi connectivity index (χ0v) is 12.5. The van der Waals surface area contributed by atoms with Gasteiger partial charge < -0.3 is 9.64 Å². The van der Waals surface area contributed by atoms with Crippen LogP contribution in [-0.2, 0) is 13.8 Å². The van der Waals surface area contributed by atoms with E-state index in [1.807, 2.05) is 0 Å². The molecule has 1 amide bonds. The third kappa shape index (κ3) is 3.68. The Morgan fingerprint density at radius 2 is 2.16 bits per heavy atom. The first-order chi connectivity index (χ1) is 8.82. The zero-order valence-electron chi connectivity index (χ0n) is 10.9. The molecular formula is C10H16ClN3O4S. The Bertz CT molecular complexity index is 555. The summed E-state index contributed by atoms with van der Waals surface area (Å²) >= 11 is 0. The minimum Gasteiger partial charge on any atom is -0.383 e. The van der Waals surface area contributed by atoms with Crippen molar-refractivity contribution in [2.24, 2.45) is 0 Å². The fraction of sp³-hybridized carbons (Fsp3) is 0.600. The molecule has 19 heavy (non-hydrogen) atoms. The molecule has 0 aromatic carbocycles. The number of halogens is 1. The number of hydrogen-bond donors (Lipinski definition) is 1. The van der Waals surface area contributed by atoms with Crippen LogP contribution in [0, 0.1) is 6.92 Å². The number of carbonyl (C=O) groups excluding carboxylic acids is 1. The van der Waals surface area contributed by atoms with Crippen molar-refractivity contribution in [3.05, 3.63) is 11.4 Å². The van der Waals surface area contributed by atoms with Crippen molar-refractivity contribution in [1.82, 2.24) is 15.1 Å². The lowest BCUT2D eigenvalue weighted by molar-refractivity contribution is 0.0697. The van der Waals surface area contributed by atoms with E-state index >= 15 is 0 Å². The maximum atomic E-state index is 12.2. The van der Waals surface area contributed by atoms with Crippen LogP contribution >= 0.6 is 10.7 Å². The summed E-state index contributed by atoms with van der Waals surface area (Å²) in [6, 6.07) is 0. The highest BCUT2D eigenvalue weighted by atomic mass is 35.7. The standard InChI is InChI=1S/C10H16ClN3O4S/c1-4-14(5-6-18-3)10(15)8-9(19(11,16)17)7(2)12-13-8/h4-6H2,1-3H3,(H,12,13). The Hall–Kier alpha value is -1.12. The van der Waals surface area contributed by atoms with Crippen LogP contribution in [0.2, 0.25) is 0 Å². The molecule has 1 rings (SSSR count). The molecule has 0 aliphatic carbocycles. The summed E-state index contributed by atoms with van der Waals surface area (Å²) in [6.45, 7) is 4.38. The summed E-state index contributed by atoms with van der Waals surface area (Å²) in [6.07, 6.45) is 0. The number of amides is 1. The fourth-order valence-corrected chi connectivity index (χ4v) is 2.96. The van der Waals surface area contributed by atoms with Gasteiger partial charge in [-0.25, -0.2) is 8.42 Å². The molecule has 0 radical (unpaired) electrons. The SMILES string of the molecule is CCN(CCOC)C(=O)c1n[nH]c(C)c1S(=O)(=O)Cl. The summed E-state index contributed by atoms with van der Waals surface area (Å²) in [4.78, 5) is 13.4. The normalized spacial score (nSPS) is 11.6. The van der Waals surface area contributed by atoms with Crippen LogP contribution in [0.5, 0.6) is 0 Å². The van der Waals surface area contributed by atoms with Gasteiger partial charge in [-0.1, -0.05) is 0 Å². The average molecular weight is 310 g/mol. The predicted octanol–water partition coefficient (Wildman–Crippen LogP) is 0.754. The topological polar surface area (TPSA) is 92.4 Å². The second-order valence-electron chi connectivity index (χ2n) is 3.84. The summed E-state index contributed by atoms with van der Waals surface area (Å²) in [5.41, 5.74) is 0.0478. The Labute approximate surface area is 116 Å². The summed E-state index contributed by atoms with van der Waals surface area (Å²) in [5, 5.41) is 6.21. The molecule has 0 saturated carbocycles. The van der Waals surface area contributed by atoms with Crippen LogP contribution in [-0.4, -0.2) is 56.2 Å². The van der Waals surface area contributed by atoms with Crippen molar-refractivity contribution in [2.45, 2.75) is 18.7 Å². The van der Waals surface area contributed by atoms with Crippen molar-refractivity contribution in [3.8, 4) is 0 Å². The van der Waals surface area contributed by atoms with Gasteiger partial charge in [0.1, 0.15) is 4.90 Å². The van der Waals surface area contributed by atoms with E-state index in [4.69, 9.17) is 15.4 Å². The van der Waals surface area contributed by atoms with E-state index < -0.39 is 15.0 Å². The molecule has 1 aromatic rings. The summed E-state index contributed by atoms with van der Waals surface area (Å²) < 4.78 is 27.8. The third-order valence-corrected chi connectivity index (χ3v) is 4.02. The van der Waals surface area contributed by atoms with Gasteiger partial charge in [0.05, 0.1) is 12.3 Å². The monoisotopic (exact) mass is 309 g/mol. The molecule has 0 atom stereocenters. The van der Waals surface area contributed by atoms with E-state index in [0.717, 1.165) is 0 Å². The first kappa shape index (κ1) is 15.9. The van der Waals surface area contributed by atoms with E-state index in [1.54, 1.807) is 6.92 Å². The molecule has 108 valence electrons. The van der Waals surface area contributed by atoms with E-state index in [-0.39, 0.29) is 16.3 Å². The molecule has 7 nitrogen and oxygen atoms in total. The lowest BCUT2D eigenvalue weighted by atomic mass is 10.3. The molecular weight excluding hydrogens is 294 g/mol. The van der Waals surface area contributed by atoms with E-state index in [0.29, 0.717) is 19.7 Å². The van der Waals surface area contributed by atoms with Crippen molar-refractivity contribution in [2.75, 3.05) is 26.8 Å². The second kappa shape index (κ2) is 6.36. The number of methoxy groups -OCH3 is 1. The highest BCUT2D eigenvalue weighted by Gasteiger charge is 2.29. The lowest BCUT2D eigenvalue weighted by Crippen LogP contribution is -2.34. The van der Waals surface area contributed by atoms with Crippen molar-refractivity contribution in [3.63, 3.8) is 0 Å². The third-order valence-electron chi connectivity index (χ3n) is 2.57. The first-order valence-corrected chi connectivity index (χ1v) is 7.91. The number of nitrogens with one attached hydrogen (secondary N) is 1. The molecule has 1 aromatic heterocycles. The van der Waals surface area contributed by atoms with Crippen LogP contribution < -0.4 is 0 Å². The quantitative estimate of drug-likeness (QED) is 0.783. The molecule has 0 fully saturated rings. The lowest BCUT2D eigenvalue weighted by Gasteiger charge is -2.19. The molecule has 1 heterocycles. The second-order valence-corrected chi connectivity index (χ2v) is 6.34. The summed E-state index contributed by atoms with van der Waals surface area (Å²) in [7, 11) is 2.81. The Morgan fingerprint density at radius 1 is 1.53 bits per heavy atom. The van der Waals surface area contributed by atoms with Gasteiger partial charge in [-0.05, 0) is 13.8 Å². The molecule has 0 bridgehead atoms. The van der Waals surface area contributed by atoms with Gasteiger partial charge in [0, 0.05) is 30.9 Å². The van der Waals surface area contributed by atoms with Gasteiger partial charge in [-0.15, -0.1) is 0 Å². The molecule has 0 saturated heterocycles. The first-order valence-electron chi connectivity index (χ1n) is 5.60. The number of likely N-dealkylation sites (N-methyl/N-ethyl adjacent to an activating group) is 1. The Kier molecular flexibility index (Phi) is 5.33. The number of rotatable bonds is 6. The van der Waals surface area contributed by atoms with Crippen molar-refractivity contribution >= 4 is 25.6 Å². The van der Waals surface area contributed by atoms with Gasteiger partial charge >= 0.3 is 0 Å². The van der Waals surface area contributed by atoms with Gasteiger partial charge in [0.25, 0.3) is 15.0 Å². The Morgan fingerprint density at radius 3 is 2.63 bits per heavy atom. The largest absolute Gasteiger partial charge is 0.383 e. The number of hydrogen-bond acceptors (Lipinski definition) is 5. The molecule has 0 aliphatic heterocycles. The smallest absolute Gasteiger partial charge is 0.275 e. The van der Waals surface area contributed by atoms with E-state index in [1.165, 1.54) is 18.9 Å². The minimum atomic E-state index is -4.03. The van der Waals surface area contributed by atoms with E-state index in [2.05, 4.69) is 10.2 Å². The number of ether oxygens (including phenoxy) is 1. The van der Waals surface area contributed by atoms with Crippen LogP contribution in [0.15, 0.2) is 4.90 Å². The van der Waals surface area contributed by atoms with Crippen LogP contribution in [0.4, 0.5) is 0 Å². The summed E-state index contributed by atoms with van der Waals surface area (Å²) in [5.74, 6) is -0.497. The maximum absolute atomic E-state index is 12.2. The molecule has 1 N–H and O–H groups in total. The van der Waals surface area contributed by atoms with Gasteiger partial charge in [-0.2, -0.15) is 5.10 Å². The molecule has 0 unspecified atom stereocenters. The molecule has 0 aliphatic rings. The highest BCUT2D eigenvalue weighted by molar-refractivity contribution is 8.13. The van der Waals surface area contributed by atoms with Gasteiger partial charge in [0.2, 0.25) is 0 Å². The van der Waals surface area contributed by atoms with Crippen molar-refractivity contribution in [1.29, 1.82) is 0 Å². The fourth-order valence-electron chi connectivity index (χ4n) is 1.62. The predicted molar refractivity (Wildman–Crippen MR) is 69.8 cm³/mol. The Balaban J connectivity index is 3.13. The van der Waals surface area contributed by atoms with E-state index in [9.17, 15) is 13.2 Å². The molecule has 0 spiro atoms. The average Bonchev–Trinajstić information content (AvgIpc) is 2.71. The number of aryl methyl sites for hydroxylation is 1. The zero-order chi connectivity index (χ0) is 14.6. The number of carbonyl (C=O) groups is 1. The number of H-pyrrole nitrogens is 1. The number of aromatic amines is 1.